The molecular weight excluding hydrogens is 282 g/mol. The van der Waals surface area contributed by atoms with Crippen LogP contribution < -0.4 is 0 Å². The number of hydrogen-bond acceptors (Lipinski definition) is 4. The van der Waals surface area contributed by atoms with Gasteiger partial charge in [-0.1, -0.05) is 0 Å². The molecule has 0 saturated carbocycles. The Morgan fingerprint density at radius 3 is 2.73 bits per heavy atom. The van der Waals surface area contributed by atoms with Crippen molar-refractivity contribution >= 4 is 16.9 Å². The molecule has 2 aliphatic rings. The summed E-state index contributed by atoms with van der Waals surface area (Å²) in [6, 6.07) is 5.61. The van der Waals surface area contributed by atoms with Crippen molar-refractivity contribution in [2.75, 3.05) is 26.3 Å². The molecule has 1 aromatic heterocycles. The first-order valence-corrected chi connectivity index (χ1v) is 7.69. The van der Waals surface area contributed by atoms with E-state index in [0.29, 0.717) is 31.9 Å². The number of nitrogens with one attached hydrogen (secondary N) is 1. The van der Waals surface area contributed by atoms with Crippen LogP contribution in [0.1, 0.15) is 29.0 Å². The lowest BCUT2D eigenvalue weighted by Crippen LogP contribution is -2.47. The van der Waals surface area contributed by atoms with Crippen LogP contribution in [-0.2, 0) is 9.47 Å². The summed E-state index contributed by atoms with van der Waals surface area (Å²) < 4.78 is 11.4. The summed E-state index contributed by atoms with van der Waals surface area (Å²) in [4.78, 5) is 22.1. The van der Waals surface area contributed by atoms with E-state index in [1.165, 1.54) is 0 Å². The first-order valence-electron chi connectivity index (χ1n) is 7.69. The third kappa shape index (κ3) is 2.28. The summed E-state index contributed by atoms with van der Waals surface area (Å²) >= 11 is 0. The number of piperidine rings is 1. The number of H-pyrrole nitrogens is 1. The van der Waals surface area contributed by atoms with E-state index in [2.05, 4.69) is 9.97 Å². The molecule has 6 heteroatoms. The van der Waals surface area contributed by atoms with Crippen LogP contribution in [0.25, 0.3) is 11.0 Å². The van der Waals surface area contributed by atoms with Gasteiger partial charge in [0.2, 0.25) is 0 Å². The van der Waals surface area contributed by atoms with Gasteiger partial charge in [-0.3, -0.25) is 4.79 Å². The van der Waals surface area contributed by atoms with Crippen molar-refractivity contribution in [3.05, 3.63) is 29.6 Å². The number of fused-ring (bicyclic) bond motifs is 1. The summed E-state index contributed by atoms with van der Waals surface area (Å²) in [6.07, 6.45) is 1.48. The van der Waals surface area contributed by atoms with Crippen molar-refractivity contribution in [2.45, 2.75) is 25.6 Å². The van der Waals surface area contributed by atoms with Crippen molar-refractivity contribution < 1.29 is 14.3 Å². The molecule has 1 N–H and O–H groups in total. The van der Waals surface area contributed by atoms with E-state index in [1.54, 1.807) is 0 Å². The Labute approximate surface area is 128 Å². The third-order valence-electron chi connectivity index (χ3n) is 4.47. The summed E-state index contributed by atoms with van der Waals surface area (Å²) in [5.74, 6) is 0.471. The zero-order valence-corrected chi connectivity index (χ0v) is 12.6. The summed E-state index contributed by atoms with van der Waals surface area (Å²) in [6.45, 7) is 4.55. The summed E-state index contributed by atoms with van der Waals surface area (Å²) in [5.41, 5.74) is 2.49. The number of aryl methyl sites for hydroxylation is 1. The van der Waals surface area contributed by atoms with E-state index < -0.39 is 5.79 Å². The molecule has 0 atom stereocenters. The highest BCUT2D eigenvalue weighted by molar-refractivity contribution is 5.97. The first-order chi connectivity index (χ1) is 10.7. The number of carbonyl (C=O) groups is 1. The fourth-order valence-electron chi connectivity index (χ4n) is 3.29. The molecule has 2 aliphatic heterocycles. The van der Waals surface area contributed by atoms with Gasteiger partial charge in [0.25, 0.3) is 5.91 Å². The lowest BCUT2D eigenvalue weighted by atomic mass is 10.0. The van der Waals surface area contributed by atoms with Crippen LogP contribution in [0.15, 0.2) is 18.2 Å². The first kappa shape index (κ1) is 13.7. The molecule has 1 amide bonds. The van der Waals surface area contributed by atoms with Crippen LogP contribution in [0, 0.1) is 6.92 Å². The quantitative estimate of drug-likeness (QED) is 0.873. The maximum Gasteiger partial charge on any atom is 0.253 e. The number of amides is 1. The largest absolute Gasteiger partial charge is 0.347 e. The number of imidazole rings is 1. The van der Waals surface area contributed by atoms with Gasteiger partial charge >= 0.3 is 0 Å². The molecule has 0 aliphatic carbocycles. The minimum absolute atomic E-state index is 0.0574. The molecule has 2 fully saturated rings. The van der Waals surface area contributed by atoms with E-state index in [0.717, 1.165) is 29.7 Å². The number of benzene rings is 1. The van der Waals surface area contributed by atoms with Gasteiger partial charge in [-0.25, -0.2) is 4.98 Å². The molecular formula is C16H19N3O3. The Morgan fingerprint density at radius 2 is 2.00 bits per heavy atom. The minimum Gasteiger partial charge on any atom is -0.347 e. The average Bonchev–Trinajstić information content (AvgIpc) is 3.12. The molecule has 6 nitrogen and oxygen atoms in total. The number of likely N-dealkylation sites (tertiary alicyclic amines) is 1. The van der Waals surface area contributed by atoms with Crippen LogP contribution in [0.3, 0.4) is 0 Å². The standard InChI is InChI=1S/C16H19N3O3/c1-11-17-13-3-2-12(10-14(13)18-11)15(20)19-6-4-16(5-7-19)21-8-9-22-16/h2-3,10H,4-9H2,1H3,(H,17,18). The van der Waals surface area contributed by atoms with Gasteiger partial charge in [0, 0.05) is 31.5 Å². The fraction of sp³-hybridized carbons (Fsp3) is 0.500. The number of hydrogen-bond donors (Lipinski definition) is 1. The number of ether oxygens (including phenoxy) is 2. The Kier molecular flexibility index (Phi) is 3.16. The zero-order valence-electron chi connectivity index (χ0n) is 12.6. The van der Waals surface area contributed by atoms with E-state index in [1.807, 2.05) is 30.0 Å². The van der Waals surface area contributed by atoms with Gasteiger partial charge in [0.1, 0.15) is 5.82 Å². The molecule has 116 valence electrons. The zero-order chi connectivity index (χ0) is 15.2. The minimum atomic E-state index is -0.443. The third-order valence-corrected chi connectivity index (χ3v) is 4.47. The van der Waals surface area contributed by atoms with Crippen molar-refractivity contribution in [3.8, 4) is 0 Å². The SMILES string of the molecule is Cc1nc2ccc(C(=O)N3CCC4(CC3)OCCO4)cc2[nH]1. The Hall–Kier alpha value is -1.92. The Balaban J connectivity index is 1.51. The van der Waals surface area contributed by atoms with Crippen molar-refractivity contribution in [1.29, 1.82) is 0 Å². The highest BCUT2D eigenvalue weighted by Gasteiger charge is 2.40. The number of aromatic amines is 1. The number of carbonyl (C=O) groups excluding carboxylic acids is 1. The lowest BCUT2D eigenvalue weighted by molar-refractivity contribution is -0.181. The van der Waals surface area contributed by atoms with Gasteiger partial charge in [-0.15, -0.1) is 0 Å². The van der Waals surface area contributed by atoms with E-state index >= 15 is 0 Å². The highest BCUT2D eigenvalue weighted by Crippen LogP contribution is 2.31. The Morgan fingerprint density at radius 1 is 1.27 bits per heavy atom. The summed E-state index contributed by atoms with van der Waals surface area (Å²) in [7, 11) is 0. The normalized spacial score (nSPS) is 20.9. The number of nitrogens with zero attached hydrogens (tertiary/aromatic N) is 2. The van der Waals surface area contributed by atoms with Crippen LogP contribution in [-0.4, -0.2) is 52.9 Å². The van der Waals surface area contributed by atoms with Gasteiger partial charge in [-0.05, 0) is 25.1 Å². The number of rotatable bonds is 1. The molecule has 4 rings (SSSR count). The van der Waals surface area contributed by atoms with Crippen LogP contribution in [0.5, 0.6) is 0 Å². The second kappa shape index (κ2) is 5.07. The average molecular weight is 301 g/mol. The smallest absolute Gasteiger partial charge is 0.253 e. The second-order valence-corrected chi connectivity index (χ2v) is 5.95. The van der Waals surface area contributed by atoms with Crippen LogP contribution in [0.4, 0.5) is 0 Å². The molecule has 22 heavy (non-hydrogen) atoms. The van der Waals surface area contributed by atoms with Crippen molar-refractivity contribution in [3.63, 3.8) is 0 Å². The topological polar surface area (TPSA) is 67.5 Å². The van der Waals surface area contributed by atoms with E-state index in [4.69, 9.17) is 9.47 Å². The van der Waals surface area contributed by atoms with Crippen molar-refractivity contribution in [2.24, 2.45) is 0 Å². The second-order valence-electron chi connectivity index (χ2n) is 5.95. The molecule has 3 heterocycles. The number of aromatic nitrogens is 2. The van der Waals surface area contributed by atoms with Gasteiger partial charge in [0.05, 0.1) is 24.2 Å². The fourth-order valence-corrected chi connectivity index (χ4v) is 3.29. The molecule has 2 aromatic rings. The predicted octanol–water partition coefficient (Wildman–Crippen LogP) is 1.85. The molecule has 0 unspecified atom stereocenters. The molecule has 1 aromatic carbocycles. The molecule has 0 bridgehead atoms. The lowest BCUT2D eigenvalue weighted by Gasteiger charge is -2.37. The van der Waals surface area contributed by atoms with Gasteiger partial charge in [0.15, 0.2) is 5.79 Å². The molecule has 0 radical (unpaired) electrons. The highest BCUT2D eigenvalue weighted by atomic mass is 16.7. The predicted molar refractivity (Wildman–Crippen MR) is 80.6 cm³/mol. The maximum atomic E-state index is 12.7. The van der Waals surface area contributed by atoms with Gasteiger partial charge < -0.3 is 19.4 Å². The monoisotopic (exact) mass is 301 g/mol. The van der Waals surface area contributed by atoms with Crippen molar-refractivity contribution in [1.82, 2.24) is 14.9 Å². The summed E-state index contributed by atoms with van der Waals surface area (Å²) in [5, 5.41) is 0. The molecule has 2 saturated heterocycles. The van der Waals surface area contributed by atoms with E-state index in [-0.39, 0.29) is 5.91 Å². The maximum absolute atomic E-state index is 12.7. The Bertz CT molecular complexity index is 708. The van der Waals surface area contributed by atoms with Crippen LogP contribution in [0.2, 0.25) is 0 Å². The molecule has 1 spiro atoms. The van der Waals surface area contributed by atoms with Crippen LogP contribution >= 0.6 is 0 Å². The van der Waals surface area contributed by atoms with Gasteiger partial charge in [-0.2, -0.15) is 0 Å². The van der Waals surface area contributed by atoms with E-state index in [9.17, 15) is 4.79 Å².